The van der Waals surface area contributed by atoms with Gasteiger partial charge in [0.05, 0.1) is 6.10 Å². The molecule has 0 saturated heterocycles. The summed E-state index contributed by atoms with van der Waals surface area (Å²) in [5, 5.41) is 9.68. The highest BCUT2D eigenvalue weighted by molar-refractivity contribution is 5.10. The second kappa shape index (κ2) is 4.42. The lowest BCUT2D eigenvalue weighted by molar-refractivity contribution is 0.00451. The number of ether oxygens (including phenoxy) is 1. The van der Waals surface area contributed by atoms with E-state index in [1.165, 1.54) is 0 Å². The van der Waals surface area contributed by atoms with Crippen LogP contribution in [-0.4, -0.2) is 22.3 Å². The minimum absolute atomic E-state index is 0.0707. The fourth-order valence-electron chi connectivity index (χ4n) is 1.79. The third-order valence-corrected chi connectivity index (χ3v) is 2.58. The van der Waals surface area contributed by atoms with Crippen LogP contribution in [-0.2, 0) is 0 Å². The molecule has 1 heterocycles. The van der Waals surface area contributed by atoms with E-state index in [0.29, 0.717) is 5.88 Å². The van der Waals surface area contributed by atoms with Crippen molar-refractivity contribution >= 4 is 0 Å². The molecule has 1 saturated carbocycles. The number of rotatable bonds is 2. The van der Waals surface area contributed by atoms with E-state index in [1.54, 1.807) is 6.20 Å². The first-order chi connectivity index (χ1) is 6.86. The zero-order valence-electron chi connectivity index (χ0n) is 8.10. The largest absolute Gasteiger partial charge is 0.472 e. The Morgan fingerprint density at radius 3 is 2.86 bits per heavy atom. The van der Waals surface area contributed by atoms with Crippen LogP contribution in [0.15, 0.2) is 24.4 Å². The molecule has 1 aliphatic carbocycles. The molecule has 0 radical (unpaired) electrons. The summed E-state index contributed by atoms with van der Waals surface area (Å²) in [4.78, 5) is 4.07. The van der Waals surface area contributed by atoms with E-state index < -0.39 is 0 Å². The summed E-state index contributed by atoms with van der Waals surface area (Å²) in [5.74, 6) is 0.610. The number of aliphatic hydroxyl groups is 1. The van der Waals surface area contributed by atoms with Crippen LogP contribution in [0.25, 0.3) is 0 Å². The smallest absolute Gasteiger partial charge is 0.213 e. The number of pyridine rings is 1. The van der Waals surface area contributed by atoms with Crippen molar-refractivity contribution in [1.29, 1.82) is 0 Å². The predicted octanol–water partition coefficient (Wildman–Crippen LogP) is 1.76. The second-order valence-corrected chi connectivity index (χ2v) is 3.68. The van der Waals surface area contributed by atoms with E-state index in [1.807, 2.05) is 18.2 Å². The standard InChI is InChI=1S/C11H15NO2/c13-9-5-1-2-6-10(9)14-11-7-3-4-8-12-11/h3-4,7-10,13H,1-2,5-6H2/t9-,10+/m0/s1. The molecule has 14 heavy (non-hydrogen) atoms. The molecule has 0 unspecified atom stereocenters. The van der Waals surface area contributed by atoms with Crippen LogP contribution in [0.5, 0.6) is 5.88 Å². The summed E-state index contributed by atoms with van der Waals surface area (Å²) < 4.78 is 5.61. The second-order valence-electron chi connectivity index (χ2n) is 3.68. The third-order valence-electron chi connectivity index (χ3n) is 2.58. The Labute approximate surface area is 83.7 Å². The van der Waals surface area contributed by atoms with Crippen LogP contribution in [0, 0.1) is 0 Å². The Bertz CT molecular complexity index is 276. The highest BCUT2D eigenvalue weighted by Crippen LogP contribution is 2.22. The summed E-state index contributed by atoms with van der Waals surface area (Å²) in [5.41, 5.74) is 0. The third kappa shape index (κ3) is 2.23. The van der Waals surface area contributed by atoms with Crippen LogP contribution >= 0.6 is 0 Å². The number of aromatic nitrogens is 1. The topological polar surface area (TPSA) is 42.4 Å². The van der Waals surface area contributed by atoms with Crippen molar-refractivity contribution in [2.45, 2.75) is 37.9 Å². The molecule has 1 fully saturated rings. The van der Waals surface area contributed by atoms with E-state index in [-0.39, 0.29) is 12.2 Å². The molecule has 2 rings (SSSR count). The van der Waals surface area contributed by atoms with Gasteiger partial charge in [0.2, 0.25) is 5.88 Å². The Kier molecular flexibility index (Phi) is 2.99. The number of hydrogen-bond donors (Lipinski definition) is 1. The Balaban J connectivity index is 1.96. The number of hydrogen-bond acceptors (Lipinski definition) is 3. The van der Waals surface area contributed by atoms with E-state index >= 15 is 0 Å². The van der Waals surface area contributed by atoms with Gasteiger partial charge in [-0.25, -0.2) is 4.98 Å². The van der Waals surface area contributed by atoms with Crippen LogP contribution in [0.2, 0.25) is 0 Å². The van der Waals surface area contributed by atoms with Crippen molar-refractivity contribution in [1.82, 2.24) is 4.98 Å². The zero-order valence-corrected chi connectivity index (χ0v) is 8.10. The summed E-state index contributed by atoms with van der Waals surface area (Å²) in [7, 11) is 0. The molecular weight excluding hydrogens is 178 g/mol. The average Bonchev–Trinajstić information content (AvgIpc) is 2.23. The molecule has 3 nitrogen and oxygen atoms in total. The molecule has 0 bridgehead atoms. The predicted molar refractivity (Wildman–Crippen MR) is 53.1 cm³/mol. The molecule has 0 amide bonds. The molecule has 1 N–H and O–H groups in total. The minimum atomic E-state index is -0.328. The summed E-state index contributed by atoms with van der Waals surface area (Å²) in [6.45, 7) is 0. The highest BCUT2D eigenvalue weighted by Gasteiger charge is 2.24. The monoisotopic (exact) mass is 193 g/mol. The summed E-state index contributed by atoms with van der Waals surface area (Å²) >= 11 is 0. The van der Waals surface area contributed by atoms with Crippen LogP contribution in [0.3, 0.4) is 0 Å². The number of aliphatic hydroxyl groups excluding tert-OH is 1. The molecular formula is C11H15NO2. The van der Waals surface area contributed by atoms with Crippen molar-refractivity contribution in [2.75, 3.05) is 0 Å². The maximum absolute atomic E-state index is 9.68. The van der Waals surface area contributed by atoms with Crippen molar-refractivity contribution in [3.05, 3.63) is 24.4 Å². The van der Waals surface area contributed by atoms with Gasteiger partial charge >= 0.3 is 0 Å². The first-order valence-corrected chi connectivity index (χ1v) is 5.12. The van der Waals surface area contributed by atoms with Crippen molar-refractivity contribution in [3.63, 3.8) is 0 Å². The van der Waals surface area contributed by atoms with Crippen molar-refractivity contribution < 1.29 is 9.84 Å². The summed E-state index contributed by atoms with van der Waals surface area (Å²) in [6, 6.07) is 5.56. The van der Waals surface area contributed by atoms with Crippen molar-refractivity contribution in [3.8, 4) is 5.88 Å². The van der Waals surface area contributed by atoms with E-state index in [0.717, 1.165) is 25.7 Å². The van der Waals surface area contributed by atoms with Gasteiger partial charge in [0.25, 0.3) is 0 Å². The average molecular weight is 193 g/mol. The quantitative estimate of drug-likeness (QED) is 0.778. The Morgan fingerprint density at radius 2 is 2.14 bits per heavy atom. The van der Waals surface area contributed by atoms with Gasteiger partial charge in [-0.2, -0.15) is 0 Å². The fourth-order valence-corrected chi connectivity index (χ4v) is 1.79. The maximum Gasteiger partial charge on any atom is 0.213 e. The fraction of sp³-hybridized carbons (Fsp3) is 0.545. The minimum Gasteiger partial charge on any atom is -0.472 e. The van der Waals surface area contributed by atoms with Gasteiger partial charge in [0.1, 0.15) is 6.10 Å². The molecule has 0 spiro atoms. The van der Waals surface area contributed by atoms with Gasteiger partial charge in [-0.05, 0) is 25.3 Å². The van der Waals surface area contributed by atoms with Gasteiger partial charge in [0.15, 0.2) is 0 Å². The maximum atomic E-state index is 9.68. The van der Waals surface area contributed by atoms with Crippen molar-refractivity contribution in [2.24, 2.45) is 0 Å². The SMILES string of the molecule is O[C@H]1CCCC[C@H]1Oc1ccccn1. The van der Waals surface area contributed by atoms with Crippen LogP contribution < -0.4 is 4.74 Å². The molecule has 1 aliphatic rings. The molecule has 1 aromatic heterocycles. The first kappa shape index (κ1) is 9.46. The molecule has 76 valence electrons. The van der Waals surface area contributed by atoms with Gasteiger partial charge in [0, 0.05) is 12.3 Å². The summed E-state index contributed by atoms with van der Waals surface area (Å²) in [6.07, 6.45) is 5.31. The van der Waals surface area contributed by atoms with Crippen LogP contribution in [0.4, 0.5) is 0 Å². The molecule has 0 aromatic carbocycles. The van der Waals surface area contributed by atoms with Gasteiger partial charge in [-0.15, -0.1) is 0 Å². The molecule has 3 heteroatoms. The normalized spacial score (nSPS) is 27.2. The molecule has 0 aliphatic heterocycles. The molecule has 2 atom stereocenters. The lowest BCUT2D eigenvalue weighted by Crippen LogP contribution is -2.34. The van der Waals surface area contributed by atoms with E-state index in [9.17, 15) is 5.11 Å². The van der Waals surface area contributed by atoms with Gasteiger partial charge < -0.3 is 9.84 Å². The lowest BCUT2D eigenvalue weighted by Gasteiger charge is -2.27. The Hall–Kier alpha value is -1.09. The highest BCUT2D eigenvalue weighted by atomic mass is 16.5. The van der Waals surface area contributed by atoms with E-state index in [2.05, 4.69) is 4.98 Å². The Morgan fingerprint density at radius 1 is 1.29 bits per heavy atom. The van der Waals surface area contributed by atoms with Gasteiger partial charge in [-0.1, -0.05) is 12.5 Å². The zero-order chi connectivity index (χ0) is 9.80. The first-order valence-electron chi connectivity index (χ1n) is 5.12. The van der Waals surface area contributed by atoms with Crippen LogP contribution in [0.1, 0.15) is 25.7 Å². The van der Waals surface area contributed by atoms with Gasteiger partial charge in [-0.3, -0.25) is 0 Å². The molecule has 1 aromatic rings. The number of nitrogens with zero attached hydrogens (tertiary/aromatic N) is 1. The van der Waals surface area contributed by atoms with E-state index in [4.69, 9.17) is 4.74 Å². The lowest BCUT2D eigenvalue weighted by atomic mass is 9.95.